The summed E-state index contributed by atoms with van der Waals surface area (Å²) in [5.41, 5.74) is 0.657. The summed E-state index contributed by atoms with van der Waals surface area (Å²) in [5, 5.41) is 0. The highest BCUT2D eigenvalue weighted by molar-refractivity contribution is 7.98. The fraction of sp³-hybridized carbons (Fsp3) is 0.538. The number of carbonyl (C=O) groups is 1. The zero-order valence-corrected chi connectivity index (χ0v) is 11.4. The number of hydrogen-bond acceptors (Lipinski definition) is 4. The van der Waals surface area contributed by atoms with E-state index < -0.39 is 0 Å². The number of nitrogens with zero attached hydrogens (tertiary/aromatic N) is 1. The average molecular weight is 253 g/mol. The smallest absolute Gasteiger partial charge is 0.307 e. The van der Waals surface area contributed by atoms with Gasteiger partial charge in [0.1, 0.15) is 5.60 Å². The van der Waals surface area contributed by atoms with Crippen molar-refractivity contribution < 1.29 is 9.53 Å². The first-order valence-corrected chi connectivity index (χ1v) is 6.82. The molecule has 94 valence electrons. The molecule has 0 amide bonds. The van der Waals surface area contributed by atoms with Gasteiger partial charge in [-0.25, -0.2) is 0 Å². The molecule has 0 saturated heterocycles. The molecule has 0 bridgehead atoms. The molecule has 1 heterocycles. The van der Waals surface area contributed by atoms with Crippen LogP contribution in [0.5, 0.6) is 0 Å². The molecule has 0 unspecified atom stereocenters. The molecule has 0 radical (unpaired) electrons. The molecule has 0 saturated carbocycles. The van der Waals surface area contributed by atoms with Gasteiger partial charge in [-0.15, -0.1) is 0 Å². The molecule has 0 aliphatic rings. The first-order valence-electron chi connectivity index (χ1n) is 5.67. The molecule has 4 heteroatoms. The Hall–Kier alpha value is -1.03. The van der Waals surface area contributed by atoms with E-state index in [0.29, 0.717) is 6.42 Å². The van der Waals surface area contributed by atoms with Crippen LogP contribution in [-0.2, 0) is 15.3 Å². The summed E-state index contributed by atoms with van der Waals surface area (Å²) >= 11 is 1.70. The Morgan fingerprint density at radius 3 is 2.76 bits per heavy atom. The van der Waals surface area contributed by atoms with Crippen molar-refractivity contribution in [2.24, 2.45) is 0 Å². The fourth-order valence-electron chi connectivity index (χ4n) is 1.21. The van der Waals surface area contributed by atoms with Gasteiger partial charge in [0.15, 0.2) is 0 Å². The molecule has 0 N–H and O–H groups in total. The maximum Gasteiger partial charge on any atom is 0.307 e. The van der Waals surface area contributed by atoms with E-state index in [4.69, 9.17) is 4.74 Å². The van der Waals surface area contributed by atoms with Crippen LogP contribution >= 0.6 is 11.8 Å². The minimum Gasteiger partial charge on any atom is -0.460 e. The summed E-state index contributed by atoms with van der Waals surface area (Å²) < 4.78 is 5.22. The Balaban J connectivity index is 2.14. The summed E-state index contributed by atoms with van der Waals surface area (Å²) in [4.78, 5) is 15.6. The minimum absolute atomic E-state index is 0.133. The van der Waals surface area contributed by atoms with Crippen molar-refractivity contribution in [3.05, 3.63) is 30.1 Å². The normalized spacial score (nSPS) is 11.2. The molecule has 0 aromatic carbocycles. The van der Waals surface area contributed by atoms with Crippen LogP contribution in [-0.4, -0.2) is 22.3 Å². The lowest BCUT2D eigenvalue weighted by atomic mass is 10.2. The van der Waals surface area contributed by atoms with E-state index >= 15 is 0 Å². The van der Waals surface area contributed by atoms with Crippen LogP contribution in [0.4, 0.5) is 0 Å². The highest BCUT2D eigenvalue weighted by Crippen LogP contribution is 2.13. The van der Waals surface area contributed by atoms with E-state index in [0.717, 1.165) is 17.2 Å². The predicted octanol–water partition coefficient (Wildman–Crippen LogP) is 3.05. The molecule has 3 nitrogen and oxygen atoms in total. The third-order valence-corrected chi connectivity index (χ3v) is 2.84. The van der Waals surface area contributed by atoms with E-state index in [1.165, 1.54) is 0 Å². The van der Waals surface area contributed by atoms with Crippen LogP contribution in [0.1, 0.15) is 32.9 Å². The zero-order valence-electron chi connectivity index (χ0n) is 10.6. The molecular weight excluding hydrogens is 234 g/mol. The largest absolute Gasteiger partial charge is 0.460 e. The molecule has 17 heavy (non-hydrogen) atoms. The van der Waals surface area contributed by atoms with Gasteiger partial charge in [-0.3, -0.25) is 9.78 Å². The van der Waals surface area contributed by atoms with Crippen LogP contribution in [0.25, 0.3) is 0 Å². The monoisotopic (exact) mass is 253 g/mol. The lowest BCUT2D eigenvalue weighted by Crippen LogP contribution is -2.24. The van der Waals surface area contributed by atoms with Crippen molar-refractivity contribution in [3.8, 4) is 0 Å². The third kappa shape index (κ3) is 7.00. The second-order valence-electron chi connectivity index (χ2n) is 4.71. The Morgan fingerprint density at radius 2 is 2.18 bits per heavy atom. The average Bonchev–Trinajstić information content (AvgIpc) is 2.23. The van der Waals surface area contributed by atoms with Crippen molar-refractivity contribution in [2.75, 3.05) is 5.75 Å². The Morgan fingerprint density at radius 1 is 1.41 bits per heavy atom. The molecule has 0 aliphatic carbocycles. The molecule has 1 rings (SSSR count). The fourth-order valence-corrected chi connectivity index (χ4v) is 2.04. The number of thioether (sulfide) groups is 1. The SMILES string of the molecule is CC(C)(C)OC(=O)CCSCc1ccccn1. The summed E-state index contributed by atoms with van der Waals surface area (Å²) in [5.74, 6) is 1.47. The van der Waals surface area contributed by atoms with E-state index in [-0.39, 0.29) is 11.6 Å². The number of aromatic nitrogens is 1. The molecule has 1 aromatic rings. The maximum absolute atomic E-state index is 11.4. The lowest BCUT2D eigenvalue weighted by molar-refractivity contribution is -0.154. The summed E-state index contributed by atoms with van der Waals surface area (Å²) in [6.07, 6.45) is 2.23. The van der Waals surface area contributed by atoms with Crippen molar-refractivity contribution >= 4 is 17.7 Å². The second-order valence-corrected chi connectivity index (χ2v) is 5.82. The van der Waals surface area contributed by atoms with Gasteiger partial charge in [0, 0.05) is 17.7 Å². The first kappa shape index (κ1) is 14.0. The van der Waals surface area contributed by atoms with E-state index in [1.54, 1.807) is 18.0 Å². The van der Waals surface area contributed by atoms with E-state index in [1.807, 2.05) is 39.0 Å². The van der Waals surface area contributed by atoms with Crippen molar-refractivity contribution in [2.45, 2.75) is 38.5 Å². The van der Waals surface area contributed by atoms with Gasteiger partial charge in [0.25, 0.3) is 0 Å². The quantitative estimate of drug-likeness (QED) is 0.597. The van der Waals surface area contributed by atoms with Crippen LogP contribution in [0.15, 0.2) is 24.4 Å². The Labute approximate surface area is 107 Å². The summed E-state index contributed by atoms with van der Waals surface area (Å²) in [6.45, 7) is 5.64. The van der Waals surface area contributed by atoms with Gasteiger partial charge < -0.3 is 4.74 Å². The minimum atomic E-state index is -0.386. The summed E-state index contributed by atoms with van der Waals surface area (Å²) in [6, 6.07) is 5.85. The van der Waals surface area contributed by atoms with Gasteiger partial charge in [0.05, 0.1) is 12.1 Å². The number of esters is 1. The van der Waals surface area contributed by atoms with Crippen LogP contribution in [0, 0.1) is 0 Å². The molecule has 0 fully saturated rings. The second kappa shape index (κ2) is 6.64. The topological polar surface area (TPSA) is 39.2 Å². The van der Waals surface area contributed by atoms with Crippen LogP contribution < -0.4 is 0 Å². The maximum atomic E-state index is 11.4. The molecule has 0 spiro atoms. The van der Waals surface area contributed by atoms with Crippen LogP contribution in [0.2, 0.25) is 0 Å². The number of pyridine rings is 1. The van der Waals surface area contributed by atoms with Gasteiger partial charge in [-0.05, 0) is 32.9 Å². The number of hydrogen-bond donors (Lipinski definition) is 0. The number of carbonyl (C=O) groups excluding carboxylic acids is 1. The molecule has 0 atom stereocenters. The van der Waals surface area contributed by atoms with E-state index in [2.05, 4.69) is 4.98 Å². The molecule has 0 aliphatic heterocycles. The first-order chi connectivity index (χ1) is 7.97. The Kier molecular flexibility index (Phi) is 5.48. The van der Waals surface area contributed by atoms with Gasteiger partial charge in [-0.2, -0.15) is 11.8 Å². The molecular formula is C13H19NO2S. The summed E-state index contributed by atoms with van der Waals surface area (Å²) in [7, 11) is 0. The number of ether oxygens (including phenoxy) is 1. The predicted molar refractivity (Wildman–Crippen MR) is 70.9 cm³/mol. The van der Waals surface area contributed by atoms with Crippen LogP contribution in [0.3, 0.4) is 0 Å². The standard InChI is InChI=1S/C13H19NO2S/c1-13(2,3)16-12(15)7-9-17-10-11-6-4-5-8-14-11/h4-6,8H,7,9-10H2,1-3H3. The Bertz CT molecular complexity index is 346. The highest BCUT2D eigenvalue weighted by Gasteiger charge is 2.15. The van der Waals surface area contributed by atoms with E-state index in [9.17, 15) is 4.79 Å². The molecule has 1 aromatic heterocycles. The third-order valence-electron chi connectivity index (χ3n) is 1.85. The van der Waals surface area contributed by atoms with Gasteiger partial charge >= 0.3 is 5.97 Å². The lowest BCUT2D eigenvalue weighted by Gasteiger charge is -2.19. The van der Waals surface area contributed by atoms with Gasteiger partial charge in [0.2, 0.25) is 0 Å². The highest BCUT2D eigenvalue weighted by atomic mass is 32.2. The van der Waals surface area contributed by atoms with Crippen molar-refractivity contribution in [1.82, 2.24) is 4.98 Å². The zero-order chi connectivity index (χ0) is 12.7. The van der Waals surface area contributed by atoms with Crippen molar-refractivity contribution in [1.29, 1.82) is 0 Å². The van der Waals surface area contributed by atoms with Gasteiger partial charge in [-0.1, -0.05) is 6.07 Å². The van der Waals surface area contributed by atoms with Crippen molar-refractivity contribution in [3.63, 3.8) is 0 Å². The number of rotatable bonds is 5.